The standard InChI is InChI=1S/C19H26N6O/c1-15-20-21-22-25(15)10-7-19(26)24-9-4-8-23(11-12-24)18-13-16-5-2-3-6-17(16)14-18/h2-3,5-6,18H,4,7-14H2,1H3. The summed E-state index contributed by atoms with van der Waals surface area (Å²) in [5, 5.41) is 11.4. The van der Waals surface area contributed by atoms with Crippen LogP contribution in [0.3, 0.4) is 0 Å². The van der Waals surface area contributed by atoms with E-state index in [1.807, 2.05) is 11.8 Å². The van der Waals surface area contributed by atoms with Crippen LogP contribution in [0, 0.1) is 6.92 Å². The fourth-order valence-corrected chi connectivity index (χ4v) is 4.16. The van der Waals surface area contributed by atoms with Crippen molar-refractivity contribution in [2.75, 3.05) is 26.2 Å². The second kappa shape index (κ2) is 7.53. The Morgan fingerprint density at radius 1 is 1.12 bits per heavy atom. The Bertz CT molecular complexity index is 748. The first kappa shape index (κ1) is 17.1. The number of aromatic nitrogens is 4. The highest BCUT2D eigenvalue weighted by Crippen LogP contribution is 2.26. The first-order valence-corrected chi connectivity index (χ1v) is 9.52. The number of fused-ring (bicyclic) bond motifs is 1. The van der Waals surface area contributed by atoms with Crippen LogP contribution in [0.5, 0.6) is 0 Å². The van der Waals surface area contributed by atoms with Crippen LogP contribution in [-0.4, -0.2) is 68.1 Å². The van der Waals surface area contributed by atoms with Gasteiger partial charge >= 0.3 is 0 Å². The predicted octanol–water partition coefficient (Wildman–Crippen LogP) is 1.07. The minimum atomic E-state index is 0.205. The Labute approximate surface area is 154 Å². The van der Waals surface area contributed by atoms with Gasteiger partial charge in [0.15, 0.2) is 0 Å². The molecule has 26 heavy (non-hydrogen) atoms. The molecule has 1 aromatic carbocycles. The summed E-state index contributed by atoms with van der Waals surface area (Å²) in [5.74, 6) is 0.956. The topological polar surface area (TPSA) is 67.2 Å². The number of hydrogen-bond donors (Lipinski definition) is 0. The van der Waals surface area contributed by atoms with E-state index < -0.39 is 0 Å². The van der Waals surface area contributed by atoms with Gasteiger partial charge in [0.25, 0.3) is 0 Å². The lowest BCUT2D eigenvalue weighted by atomic mass is 10.1. The van der Waals surface area contributed by atoms with Gasteiger partial charge in [0.2, 0.25) is 5.91 Å². The van der Waals surface area contributed by atoms with E-state index >= 15 is 0 Å². The lowest BCUT2D eigenvalue weighted by Crippen LogP contribution is -2.40. The van der Waals surface area contributed by atoms with Crippen molar-refractivity contribution in [3.05, 3.63) is 41.2 Å². The molecule has 4 rings (SSSR count). The molecule has 1 saturated heterocycles. The second-order valence-corrected chi connectivity index (χ2v) is 7.30. The summed E-state index contributed by atoms with van der Waals surface area (Å²) in [6.45, 7) is 6.12. The molecular weight excluding hydrogens is 328 g/mol. The van der Waals surface area contributed by atoms with E-state index in [1.165, 1.54) is 11.1 Å². The minimum absolute atomic E-state index is 0.205. The van der Waals surface area contributed by atoms with E-state index in [-0.39, 0.29) is 5.91 Å². The molecule has 1 amide bonds. The summed E-state index contributed by atoms with van der Waals surface area (Å²) in [6, 6.07) is 9.37. The van der Waals surface area contributed by atoms with E-state index in [0.717, 1.165) is 51.3 Å². The third-order valence-electron chi connectivity index (χ3n) is 5.68. The van der Waals surface area contributed by atoms with Crippen molar-refractivity contribution in [3.8, 4) is 0 Å². The smallest absolute Gasteiger partial charge is 0.224 e. The lowest BCUT2D eigenvalue weighted by Gasteiger charge is -2.27. The van der Waals surface area contributed by atoms with Gasteiger partial charge < -0.3 is 4.90 Å². The van der Waals surface area contributed by atoms with Crippen molar-refractivity contribution in [2.24, 2.45) is 0 Å². The number of carbonyl (C=O) groups is 1. The van der Waals surface area contributed by atoms with E-state index in [0.29, 0.717) is 19.0 Å². The van der Waals surface area contributed by atoms with Crippen LogP contribution in [0.2, 0.25) is 0 Å². The van der Waals surface area contributed by atoms with E-state index in [1.54, 1.807) is 4.68 Å². The van der Waals surface area contributed by atoms with Crippen LogP contribution in [-0.2, 0) is 24.2 Å². The second-order valence-electron chi connectivity index (χ2n) is 7.30. The van der Waals surface area contributed by atoms with Gasteiger partial charge in [-0.15, -0.1) is 5.10 Å². The zero-order valence-electron chi connectivity index (χ0n) is 15.3. The average Bonchev–Trinajstić information content (AvgIpc) is 3.18. The number of benzene rings is 1. The van der Waals surface area contributed by atoms with Crippen LogP contribution in [0.1, 0.15) is 29.8 Å². The minimum Gasteiger partial charge on any atom is -0.341 e. The molecule has 0 atom stereocenters. The van der Waals surface area contributed by atoms with E-state index in [9.17, 15) is 4.79 Å². The third kappa shape index (κ3) is 3.62. The van der Waals surface area contributed by atoms with Crippen molar-refractivity contribution in [2.45, 2.75) is 45.2 Å². The molecule has 138 valence electrons. The molecule has 2 heterocycles. The number of carbonyl (C=O) groups excluding carboxylic acids is 1. The van der Waals surface area contributed by atoms with Crippen LogP contribution < -0.4 is 0 Å². The quantitative estimate of drug-likeness (QED) is 0.822. The number of rotatable bonds is 4. The summed E-state index contributed by atoms with van der Waals surface area (Å²) in [6.07, 6.45) is 3.79. The summed E-state index contributed by atoms with van der Waals surface area (Å²) in [7, 11) is 0. The molecule has 1 aliphatic heterocycles. The van der Waals surface area contributed by atoms with Crippen molar-refractivity contribution in [3.63, 3.8) is 0 Å². The molecule has 1 aliphatic carbocycles. The van der Waals surface area contributed by atoms with Crippen molar-refractivity contribution >= 4 is 5.91 Å². The maximum absolute atomic E-state index is 12.6. The Kier molecular flexibility index (Phi) is 4.97. The van der Waals surface area contributed by atoms with Gasteiger partial charge in [0.1, 0.15) is 5.82 Å². The zero-order chi connectivity index (χ0) is 17.9. The molecule has 0 unspecified atom stereocenters. The molecule has 0 saturated carbocycles. The first-order valence-electron chi connectivity index (χ1n) is 9.52. The highest BCUT2D eigenvalue weighted by Gasteiger charge is 2.28. The lowest BCUT2D eigenvalue weighted by molar-refractivity contribution is -0.131. The fraction of sp³-hybridized carbons (Fsp3) is 0.579. The van der Waals surface area contributed by atoms with Gasteiger partial charge in [0, 0.05) is 38.6 Å². The molecular formula is C19H26N6O. The molecule has 2 aromatic rings. The van der Waals surface area contributed by atoms with Gasteiger partial charge in [-0.2, -0.15) is 0 Å². The molecule has 2 aliphatic rings. The number of nitrogens with zero attached hydrogens (tertiary/aromatic N) is 6. The van der Waals surface area contributed by atoms with Crippen molar-refractivity contribution < 1.29 is 4.79 Å². The number of tetrazole rings is 1. The Hall–Kier alpha value is -2.28. The third-order valence-corrected chi connectivity index (χ3v) is 5.68. The van der Waals surface area contributed by atoms with Gasteiger partial charge in [-0.1, -0.05) is 24.3 Å². The highest BCUT2D eigenvalue weighted by atomic mass is 16.2. The Morgan fingerprint density at radius 2 is 1.88 bits per heavy atom. The van der Waals surface area contributed by atoms with Gasteiger partial charge in [-0.25, -0.2) is 4.68 Å². The predicted molar refractivity (Wildman–Crippen MR) is 97.6 cm³/mol. The monoisotopic (exact) mass is 354 g/mol. The molecule has 0 bridgehead atoms. The van der Waals surface area contributed by atoms with Crippen molar-refractivity contribution in [1.29, 1.82) is 0 Å². The van der Waals surface area contributed by atoms with Crippen molar-refractivity contribution in [1.82, 2.24) is 30.0 Å². The maximum atomic E-state index is 12.6. The van der Waals surface area contributed by atoms with Crippen LogP contribution in [0.4, 0.5) is 0 Å². The van der Waals surface area contributed by atoms with Gasteiger partial charge in [-0.05, 0) is 47.7 Å². The molecule has 7 heteroatoms. The highest BCUT2D eigenvalue weighted by molar-refractivity contribution is 5.76. The summed E-state index contributed by atoms with van der Waals surface area (Å²) < 4.78 is 1.69. The van der Waals surface area contributed by atoms with E-state index in [4.69, 9.17) is 0 Å². The summed E-state index contributed by atoms with van der Waals surface area (Å²) in [5.41, 5.74) is 2.98. The zero-order valence-corrected chi connectivity index (χ0v) is 15.3. The molecule has 7 nitrogen and oxygen atoms in total. The largest absolute Gasteiger partial charge is 0.341 e. The first-order chi connectivity index (χ1) is 12.7. The molecule has 0 radical (unpaired) electrons. The maximum Gasteiger partial charge on any atom is 0.224 e. The van der Waals surface area contributed by atoms with Crippen LogP contribution in [0.25, 0.3) is 0 Å². The van der Waals surface area contributed by atoms with Gasteiger partial charge in [-0.3, -0.25) is 9.69 Å². The SMILES string of the molecule is Cc1nnnn1CCC(=O)N1CCCN(C2Cc3ccccc3C2)CC1. The Morgan fingerprint density at radius 3 is 2.58 bits per heavy atom. The normalized spacial score (nSPS) is 18.7. The molecule has 1 fully saturated rings. The summed E-state index contributed by atoms with van der Waals surface area (Å²) >= 11 is 0. The summed E-state index contributed by atoms with van der Waals surface area (Å²) in [4.78, 5) is 17.2. The average molecular weight is 354 g/mol. The molecule has 1 aromatic heterocycles. The number of amides is 1. The Balaban J connectivity index is 1.29. The number of hydrogen-bond acceptors (Lipinski definition) is 5. The fourth-order valence-electron chi connectivity index (χ4n) is 4.16. The van der Waals surface area contributed by atoms with Crippen LogP contribution >= 0.6 is 0 Å². The molecule has 0 spiro atoms. The van der Waals surface area contributed by atoms with Gasteiger partial charge in [0.05, 0.1) is 6.54 Å². The van der Waals surface area contributed by atoms with E-state index in [2.05, 4.69) is 44.7 Å². The molecule has 0 N–H and O–H groups in total. The van der Waals surface area contributed by atoms with Crippen LogP contribution in [0.15, 0.2) is 24.3 Å². The number of aryl methyl sites for hydroxylation is 2.